The van der Waals surface area contributed by atoms with Crippen LogP contribution in [0.15, 0.2) is 34.9 Å². The van der Waals surface area contributed by atoms with E-state index in [1.165, 1.54) is 0 Å². The van der Waals surface area contributed by atoms with Crippen LogP contribution < -0.4 is 5.32 Å². The first kappa shape index (κ1) is 12.6. The van der Waals surface area contributed by atoms with Crippen LogP contribution in [0.2, 0.25) is 0 Å². The lowest BCUT2D eigenvalue weighted by Gasteiger charge is -2.11. The highest BCUT2D eigenvalue weighted by molar-refractivity contribution is 9.10. The van der Waals surface area contributed by atoms with E-state index >= 15 is 0 Å². The molecule has 0 spiro atoms. The zero-order valence-corrected chi connectivity index (χ0v) is 11.7. The Kier molecular flexibility index (Phi) is 3.63. The molecule has 0 aliphatic carbocycles. The van der Waals surface area contributed by atoms with Gasteiger partial charge in [-0.1, -0.05) is 15.9 Å². The zero-order valence-electron chi connectivity index (χ0n) is 10.2. The fourth-order valence-corrected chi connectivity index (χ4v) is 2.00. The minimum absolute atomic E-state index is 0.399. The van der Waals surface area contributed by atoms with E-state index in [2.05, 4.69) is 32.3 Å². The number of hydrogen-bond donors (Lipinski definition) is 1. The van der Waals surface area contributed by atoms with Crippen molar-refractivity contribution in [1.82, 2.24) is 4.98 Å². The Balaban J connectivity index is 2.38. The van der Waals surface area contributed by atoms with Crippen molar-refractivity contribution < 1.29 is 0 Å². The molecule has 0 atom stereocenters. The molecular formula is C14H12BrN3. The lowest BCUT2D eigenvalue weighted by Crippen LogP contribution is -1.96. The Bertz CT molecular complexity index is 606. The van der Waals surface area contributed by atoms with Gasteiger partial charge in [0.15, 0.2) is 5.69 Å². The van der Waals surface area contributed by atoms with Gasteiger partial charge in [0.05, 0.1) is 5.69 Å². The van der Waals surface area contributed by atoms with E-state index in [0.717, 1.165) is 27.0 Å². The number of benzene rings is 1. The quantitative estimate of drug-likeness (QED) is 0.909. The van der Waals surface area contributed by atoms with Gasteiger partial charge in [0, 0.05) is 16.4 Å². The molecule has 18 heavy (non-hydrogen) atoms. The molecule has 0 saturated heterocycles. The van der Waals surface area contributed by atoms with Crippen LogP contribution in [0.3, 0.4) is 0 Å². The van der Waals surface area contributed by atoms with Gasteiger partial charge in [0.1, 0.15) is 6.07 Å². The monoisotopic (exact) mass is 301 g/mol. The standard InChI is InChI=1S/C14H12BrN3/c1-9-6-11(7-10(2)14(9)15)18-12-4-3-5-17-13(12)8-16/h3-7,18H,1-2H3. The maximum atomic E-state index is 8.99. The number of anilines is 2. The summed E-state index contributed by atoms with van der Waals surface area (Å²) in [5, 5.41) is 12.2. The third-order valence-electron chi connectivity index (χ3n) is 2.63. The van der Waals surface area contributed by atoms with Crippen molar-refractivity contribution in [1.29, 1.82) is 5.26 Å². The predicted molar refractivity (Wildman–Crippen MR) is 75.9 cm³/mol. The van der Waals surface area contributed by atoms with E-state index in [1.807, 2.05) is 38.1 Å². The molecular weight excluding hydrogens is 290 g/mol. The molecule has 1 aromatic carbocycles. The maximum absolute atomic E-state index is 8.99. The van der Waals surface area contributed by atoms with Crippen molar-refractivity contribution >= 4 is 27.3 Å². The van der Waals surface area contributed by atoms with Crippen LogP contribution in [0, 0.1) is 25.2 Å². The number of pyridine rings is 1. The first-order valence-electron chi connectivity index (χ1n) is 5.50. The van der Waals surface area contributed by atoms with Crippen molar-refractivity contribution in [3.05, 3.63) is 51.8 Å². The molecule has 3 nitrogen and oxygen atoms in total. The number of halogens is 1. The molecule has 0 amide bonds. The van der Waals surface area contributed by atoms with Crippen LogP contribution in [-0.2, 0) is 0 Å². The van der Waals surface area contributed by atoms with Gasteiger partial charge in [0.25, 0.3) is 0 Å². The number of nitrogens with zero attached hydrogens (tertiary/aromatic N) is 2. The van der Waals surface area contributed by atoms with Crippen molar-refractivity contribution in [2.24, 2.45) is 0 Å². The highest BCUT2D eigenvalue weighted by atomic mass is 79.9. The molecule has 0 bridgehead atoms. The molecule has 0 unspecified atom stereocenters. The summed E-state index contributed by atoms with van der Waals surface area (Å²) in [4.78, 5) is 4.02. The normalized spacial score (nSPS) is 9.89. The van der Waals surface area contributed by atoms with E-state index in [9.17, 15) is 0 Å². The number of nitriles is 1. The van der Waals surface area contributed by atoms with E-state index < -0.39 is 0 Å². The number of aromatic nitrogens is 1. The lowest BCUT2D eigenvalue weighted by atomic mass is 10.1. The second-order valence-corrected chi connectivity index (χ2v) is 4.85. The van der Waals surface area contributed by atoms with Crippen LogP contribution in [0.5, 0.6) is 0 Å². The van der Waals surface area contributed by atoms with Crippen LogP contribution in [0.1, 0.15) is 16.8 Å². The largest absolute Gasteiger partial charge is 0.353 e. The van der Waals surface area contributed by atoms with Crippen LogP contribution in [0.25, 0.3) is 0 Å². The number of nitrogens with one attached hydrogen (secondary N) is 1. The molecule has 0 fully saturated rings. The van der Waals surface area contributed by atoms with E-state index in [-0.39, 0.29) is 0 Å². The number of rotatable bonds is 2. The van der Waals surface area contributed by atoms with E-state index in [4.69, 9.17) is 5.26 Å². The van der Waals surface area contributed by atoms with Gasteiger partial charge in [0.2, 0.25) is 0 Å². The minimum Gasteiger partial charge on any atom is -0.353 e. The van der Waals surface area contributed by atoms with Gasteiger partial charge < -0.3 is 5.32 Å². The Labute approximate surface area is 115 Å². The molecule has 1 aromatic heterocycles. The SMILES string of the molecule is Cc1cc(Nc2cccnc2C#N)cc(C)c1Br. The molecule has 1 heterocycles. The Morgan fingerprint density at radius 2 is 1.94 bits per heavy atom. The van der Waals surface area contributed by atoms with Gasteiger partial charge in [-0.3, -0.25) is 0 Å². The second kappa shape index (κ2) is 5.19. The minimum atomic E-state index is 0.399. The molecule has 2 aromatic rings. The second-order valence-electron chi connectivity index (χ2n) is 4.06. The van der Waals surface area contributed by atoms with Crippen molar-refractivity contribution in [3.8, 4) is 6.07 Å². The van der Waals surface area contributed by atoms with Crippen molar-refractivity contribution in [2.75, 3.05) is 5.32 Å². The summed E-state index contributed by atoms with van der Waals surface area (Å²) < 4.78 is 1.11. The number of aryl methyl sites for hydroxylation is 2. The maximum Gasteiger partial charge on any atom is 0.163 e. The van der Waals surface area contributed by atoms with Crippen molar-refractivity contribution in [3.63, 3.8) is 0 Å². The lowest BCUT2D eigenvalue weighted by molar-refractivity contribution is 1.25. The summed E-state index contributed by atoms with van der Waals surface area (Å²) in [7, 11) is 0. The zero-order chi connectivity index (χ0) is 13.1. The first-order chi connectivity index (χ1) is 8.61. The van der Waals surface area contributed by atoms with Gasteiger partial charge in [-0.05, 0) is 49.2 Å². The van der Waals surface area contributed by atoms with Gasteiger partial charge in [-0.25, -0.2) is 4.98 Å². The summed E-state index contributed by atoms with van der Waals surface area (Å²) in [5.41, 5.74) is 4.38. The first-order valence-corrected chi connectivity index (χ1v) is 6.30. The fourth-order valence-electron chi connectivity index (χ4n) is 1.77. The Morgan fingerprint density at radius 3 is 2.56 bits per heavy atom. The molecule has 4 heteroatoms. The highest BCUT2D eigenvalue weighted by Gasteiger charge is 2.05. The number of hydrogen-bond acceptors (Lipinski definition) is 3. The van der Waals surface area contributed by atoms with E-state index in [1.54, 1.807) is 6.20 Å². The van der Waals surface area contributed by atoms with E-state index in [0.29, 0.717) is 5.69 Å². The summed E-state index contributed by atoms with van der Waals surface area (Å²) in [6.45, 7) is 4.08. The van der Waals surface area contributed by atoms with Crippen molar-refractivity contribution in [2.45, 2.75) is 13.8 Å². The molecule has 1 N–H and O–H groups in total. The third-order valence-corrected chi connectivity index (χ3v) is 3.88. The predicted octanol–water partition coefficient (Wildman–Crippen LogP) is 4.08. The highest BCUT2D eigenvalue weighted by Crippen LogP contribution is 2.27. The Hall–Kier alpha value is -1.86. The fraction of sp³-hybridized carbons (Fsp3) is 0.143. The summed E-state index contributed by atoms with van der Waals surface area (Å²) >= 11 is 3.53. The average molecular weight is 302 g/mol. The van der Waals surface area contributed by atoms with Crippen LogP contribution in [-0.4, -0.2) is 4.98 Å². The molecule has 0 aliphatic heterocycles. The summed E-state index contributed by atoms with van der Waals surface area (Å²) in [6, 6.07) is 9.79. The van der Waals surface area contributed by atoms with Gasteiger partial charge in [-0.2, -0.15) is 5.26 Å². The topological polar surface area (TPSA) is 48.7 Å². The molecule has 90 valence electrons. The average Bonchev–Trinajstić information content (AvgIpc) is 2.36. The van der Waals surface area contributed by atoms with Gasteiger partial charge in [-0.15, -0.1) is 0 Å². The smallest absolute Gasteiger partial charge is 0.163 e. The molecule has 2 rings (SSSR count). The Morgan fingerprint density at radius 1 is 1.28 bits per heavy atom. The molecule has 0 aliphatic rings. The summed E-state index contributed by atoms with van der Waals surface area (Å²) in [5.74, 6) is 0. The molecule has 0 saturated carbocycles. The summed E-state index contributed by atoms with van der Waals surface area (Å²) in [6.07, 6.45) is 1.61. The van der Waals surface area contributed by atoms with Crippen LogP contribution in [0.4, 0.5) is 11.4 Å². The van der Waals surface area contributed by atoms with Gasteiger partial charge >= 0.3 is 0 Å². The van der Waals surface area contributed by atoms with Crippen LogP contribution >= 0.6 is 15.9 Å². The third kappa shape index (κ3) is 2.52. The molecule has 0 radical (unpaired) electrons.